The second-order valence-corrected chi connectivity index (χ2v) is 87.7. The summed E-state index contributed by atoms with van der Waals surface area (Å²) < 4.78 is 7.74. The Morgan fingerprint density at radius 3 is 0.974 bits per heavy atom. The molecular weight excluding hydrogens is 1640 g/mol. The molecule has 612 valence electrons. The van der Waals surface area contributed by atoms with E-state index >= 15 is 0 Å². The average molecular weight is 1790 g/mol. The molecule has 0 saturated heterocycles. The molecule has 10 aromatic carbocycles. The van der Waals surface area contributed by atoms with Crippen molar-refractivity contribution in [3.8, 4) is 22.3 Å². The Kier molecular flexibility index (Phi) is 40.0. The zero-order valence-corrected chi connectivity index (χ0v) is 88.5. The maximum Gasteiger partial charge on any atom is 0.0775 e. The third kappa shape index (κ3) is 31.0. The van der Waals surface area contributed by atoms with Crippen LogP contribution in [0.15, 0.2) is 231 Å². The van der Waals surface area contributed by atoms with Crippen molar-refractivity contribution in [3.63, 3.8) is 0 Å². The van der Waals surface area contributed by atoms with E-state index in [0.29, 0.717) is 0 Å². The molecule has 0 N–H and O–H groups in total. The van der Waals surface area contributed by atoms with Gasteiger partial charge >= 0.3 is 270 Å². The van der Waals surface area contributed by atoms with E-state index in [1.807, 2.05) is 22.7 Å². The van der Waals surface area contributed by atoms with Crippen LogP contribution in [0.4, 0.5) is 0 Å². The van der Waals surface area contributed by atoms with E-state index in [4.69, 9.17) is 0 Å². The zero-order chi connectivity index (χ0) is 85.1. The Morgan fingerprint density at radius 2 is 0.623 bits per heavy atom. The van der Waals surface area contributed by atoms with Crippen LogP contribution < -0.4 is 28.7 Å². The second kappa shape index (κ2) is 46.1. The van der Waals surface area contributed by atoms with Crippen molar-refractivity contribution in [2.75, 3.05) is 0 Å². The van der Waals surface area contributed by atoms with E-state index in [-0.39, 0.29) is 0 Å². The van der Waals surface area contributed by atoms with E-state index in [2.05, 4.69) is 443 Å². The molecule has 0 radical (unpaired) electrons. The Bertz CT molecular complexity index is 4520. The first-order valence-corrected chi connectivity index (χ1v) is 74.5. The standard InChI is InChI=1S/C16H20Ge.C16H20Si.2C14H18S.C13H22Ge.C13H22Si.C10H16Ge.C10H16Si/c2*1-13-5-7-14(8-6-13)15-9-11-16(12-10-15)17(2,3)4;1-9(2)7-12-5-6-14-13(8-12)10(3)11(4)15-14;1-9(2)8-12-6-5-7-13-14(12)10(3)11(4)15-13;2*1-5-14(6-2,7-3)13-10-8-12(4)9-11-13;2*1-9-5-7-10(8-6-9)11(2,3)4/h2*5-12H,1-4H3;5-6,8-9H,7H2,1-4H3;5-7,9H,8H2,1-4H3;2*8-11H,5-7H2,1-4H3;2*5-8H,1-4H3. The van der Waals surface area contributed by atoms with Crippen LogP contribution >= 0.6 is 22.7 Å². The van der Waals surface area contributed by atoms with Gasteiger partial charge in [-0.05, 0) is 129 Å². The van der Waals surface area contributed by atoms with E-state index in [9.17, 15) is 0 Å². The van der Waals surface area contributed by atoms with Crippen LogP contribution in [-0.4, -0.2) is 64.0 Å². The van der Waals surface area contributed by atoms with Gasteiger partial charge in [0.05, 0.1) is 24.2 Å². The Balaban J connectivity index is 0.000000234. The molecule has 0 aliphatic carbocycles. The Morgan fingerprint density at radius 1 is 0.316 bits per heavy atom. The molecule has 0 fully saturated rings. The minimum atomic E-state index is -1.65. The normalized spacial score (nSPS) is 11.6. The monoisotopic (exact) mass is 1790 g/mol. The molecule has 12 aromatic rings. The first kappa shape index (κ1) is 99.0. The molecule has 0 unspecified atom stereocenters. The molecule has 0 bridgehead atoms. The van der Waals surface area contributed by atoms with Crippen LogP contribution in [0.25, 0.3) is 42.4 Å². The molecule has 12 rings (SSSR count). The molecule has 2 heterocycles. The quantitative estimate of drug-likeness (QED) is 0.0751. The van der Waals surface area contributed by atoms with Gasteiger partial charge in [-0.3, -0.25) is 0 Å². The summed E-state index contributed by atoms with van der Waals surface area (Å²) in [7, 11) is -3.34. The molecule has 0 atom stereocenters. The fourth-order valence-corrected chi connectivity index (χ4v) is 35.1. The largest absolute Gasteiger partial charge is 0.140 e. The molecule has 8 heteroatoms. The van der Waals surface area contributed by atoms with Gasteiger partial charge in [0, 0.05) is 19.2 Å². The first-order chi connectivity index (χ1) is 53.5. The third-order valence-electron chi connectivity index (χ3n) is 23.3. The van der Waals surface area contributed by atoms with Gasteiger partial charge in [0.15, 0.2) is 0 Å². The number of fused-ring (bicyclic) bond motifs is 2. The van der Waals surface area contributed by atoms with Gasteiger partial charge in [-0.25, -0.2) is 0 Å². The summed E-state index contributed by atoms with van der Waals surface area (Å²) in [5.41, 5.74) is 19.3. The SMILES string of the molecule is CC[Si](CC)(CC)c1ccc(C)cc1.C[CH2][Ge]([CH2]C)([CH2]C)[c]1ccc(C)cc1.Cc1cc[c]([Ge]([CH3])([CH3])[CH3])cc1.Cc1ccc(-c2cc[c]([Ge]([CH3])([CH3])[CH3])cc2)cc1.Cc1ccc(-c2ccc([Si](C)(C)C)cc2)cc1.Cc1ccc([Si](C)(C)C)cc1.Cc1sc2ccc(CC(C)C)cc2c1C.Cc1sc2cccc(CC(C)C)c2c1C. The van der Waals surface area contributed by atoms with Crippen molar-refractivity contribution in [1.82, 2.24) is 0 Å². The first-order valence-electron chi connectivity index (χ1n) is 43.1. The van der Waals surface area contributed by atoms with Crippen LogP contribution in [-0.2, 0) is 12.8 Å². The van der Waals surface area contributed by atoms with Gasteiger partial charge in [-0.15, -0.1) is 22.7 Å². The summed E-state index contributed by atoms with van der Waals surface area (Å²) in [6.07, 6.45) is 2.37. The smallest absolute Gasteiger partial charge is 0.0775 e. The fraction of sp³-hybridized carbons (Fsp3) is 0.396. The molecule has 0 saturated carbocycles. The topological polar surface area (TPSA) is 0 Å². The second-order valence-electron chi connectivity index (χ2n) is 37.4. The minimum Gasteiger partial charge on any atom is -0.140 e. The van der Waals surface area contributed by atoms with Gasteiger partial charge in [0.25, 0.3) is 0 Å². The number of hydrogen-bond acceptors (Lipinski definition) is 2. The molecule has 114 heavy (non-hydrogen) atoms. The van der Waals surface area contributed by atoms with E-state index in [0.717, 1.165) is 11.8 Å². The van der Waals surface area contributed by atoms with Gasteiger partial charge in [0.1, 0.15) is 0 Å². The molecule has 0 aliphatic heterocycles. The summed E-state index contributed by atoms with van der Waals surface area (Å²) in [4.78, 5) is 2.91. The van der Waals surface area contributed by atoms with Crippen LogP contribution in [0.5, 0.6) is 0 Å². The summed E-state index contributed by atoms with van der Waals surface area (Å²) in [6.45, 7) is 59.4. The van der Waals surface area contributed by atoms with Crippen molar-refractivity contribution in [2.45, 2.75) is 259 Å². The van der Waals surface area contributed by atoms with Crippen molar-refractivity contribution in [1.29, 1.82) is 0 Å². The predicted octanol–water partition coefficient (Wildman–Crippen LogP) is 30.3. The van der Waals surface area contributed by atoms with E-state index < -0.39 is 64.0 Å². The maximum absolute atomic E-state index is 2.43. The van der Waals surface area contributed by atoms with Gasteiger partial charge in [0.2, 0.25) is 0 Å². The number of hydrogen-bond donors (Lipinski definition) is 0. The Labute approximate surface area is 717 Å². The van der Waals surface area contributed by atoms with Crippen molar-refractivity contribution in [2.24, 2.45) is 11.8 Å². The average Bonchev–Trinajstić information content (AvgIpc) is 1.70. The van der Waals surface area contributed by atoms with E-state index in [1.54, 1.807) is 23.6 Å². The van der Waals surface area contributed by atoms with Gasteiger partial charge < -0.3 is 0 Å². The number of benzene rings is 10. The predicted molar refractivity (Wildman–Crippen MR) is 543 cm³/mol. The van der Waals surface area contributed by atoms with Crippen LogP contribution in [0.3, 0.4) is 0 Å². The van der Waals surface area contributed by atoms with E-state index in [1.165, 1.54) is 160 Å². The maximum atomic E-state index is 2.43. The Hall–Kier alpha value is -5.60. The van der Waals surface area contributed by atoms with Crippen LogP contribution in [0.1, 0.15) is 135 Å². The fourth-order valence-electron chi connectivity index (χ4n) is 14.6. The summed E-state index contributed by atoms with van der Waals surface area (Å²) in [5.74, 6) is 16.0. The summed E-state index contributed by atoms with van der Waals surface area (Å²) in [5, 5.41) is 12.0. The molecule has 0 amide bonds. The number of thiophene rings is 2. The molecule has 0 nitrogen and oxygen atoms in total. The van der Waals surface area contributed by atoms with Gasteiger partial charge in [-0.1, -0.05) is 259 Å². The molecule has 0 spiro atoms. The number of rotatable bonds is 18. The van der Waals surface area contributed by atoms with Crippen molar-refractivity contribution < 1.29 is 0 Å². The molecular formula is C106H152Ge3S2Si3. The van der Waals surface area contributed by atoms with Crippen molar-refractivity contribution in [3.05, 3.63) is 296 Å². The minimum absolute atomic E-state index is 0.732. The summed E-state index contributed by atoms with van der Waals surface area (Å²) in [6, 6.07) is 89.9. The van der Waals surface area contributed by atoms with Crippen LogP contribution in [0, 0.1) is 81.1 Å². The number of aryl methyl sites for hydroxylation is 10. The van der Waals surface area contributed by atoms with Gasteiger partial charge in [-0.2, -0.15) is 0 Å². The summed E-state index contributed by atoms with van der Waals surface area (Å²) >= 11 is -1.00. The molecule has 2 aromatic heterocycles. The molecule has 0 aliphatic rings. The van der Waals surface area contributed by atoms with Crippen LogP contribution in [0.2, 0.25) is 108 Å². The zero-order valence-electron chi connectivity index (χ0n) is 77.6. The third-order valence-corrected chi connectivity index (χ3v) is 55.9. The van der Waals surface area contributed by atoms with Crippen molar-refractivity contribution >= 4 is 136 Å².